The number of carbonyl (C=O) groups is 2. The Balaban J connectivity index is 2.90. The third-order valence-corrected chi connectivity index (χ3v) is 4.41. The average molecular weight is 278 g/mol. The number of anilines is 1. The number of carboxylic acid groups (broad SMARTS) is 1. The Kier molecular flexibility index (Phi) is 3.83. The molecule has 1 aromatic heterocycles. The number of nitrogens with one attached hydrogen (secondary N) is 1. The molecule has 0 aliphatic rings. The molecule has 0 saturated heterocycles. The van der Waals surface area contributed by atoms with E-state index < -0.39 is 21.2 Å². The van der Waals surface area contributed by atoms with Crippen molar-refractivity contribution in [3.8, 4) is 0 Å². The van der Waals surface area contributed by atoms with E-state index in [1.807, 2.05) is 4.72 Å². The van der Waals surface area contributed by atoms with Crippen molar-refractivity contribution in [1.82, 2.24) is 4.98 Å². The fourth-order valence-corrected chi connectivity index (χ4v) is 2.69. The first kappa shape index (κ1) is 13.6. The van der Waals surface area contributed by atoms with Gasteiger partial charge in [0, 0.05) is 12.3 Å². The van der Waals surface area contributed by atoms with E-state index in [2.05, 4.69) is 4.98 Å². The van der Waals surface area contributed by atoms with Crippen LogP contribution >= 0.6 is 11.3 Å². The maximum absolute atomic E-state index is 11.5. The summed E-state index contributed by atoms with van der Waals surface area (Å²) in [6.07, 6.45) is 0. The summed E-state index contributed by atoms with van der Waals surface area (Å²) >= 11 is 0.919. The second-order valence-electron chi connectivity index (χ2n) is 3.22. The van der Waals surface area contributed by atoms with E-state index in [0.29, 0.717) is 0 Å². The van der Waals surface area contributed by atoms with Crippen LogP contribution in [-0.2, 0) is 14.8 Å². The second-order valence-corrected chi connectivity index (χ2v) is 6.08. The third kappa shape index (κ3) is 3.24. The lowest BCUT2D eigenvalue weighted by Crippen LogP contribution is -2.32. The van der Waals surface area contributed by atoms with Crippen molar-refractivity contribution in [3.05, 3.63) is 11.1 Å². The number of sulfonamides is 1. The highest BCUT2D eigenvalue weighted by Gasteiger charge is 2.28. The zero-order valence-electron chi connectivity index (χ0n) is 9.00. The SMILES string of the molecule is CC(=O)c1csc(NS(=O)(=O)C(C)C(=O)O)n1. The van der Waals surface area contributed by atoms with E-state index in [9.17, 15) is 18.0 Å². The van der Waals surface area contributed by atoms with Gasteiger partial charge in [-0.2, -0.15) is 0 Å². The highest BCUT2D eigenvalue weighted by molar-refractivity contribution is 7.94. The molecule has 7 nitrogen and oxygen atoms in total. The molecule has 1 unspecified atom stereocenters. The quantitative estimate of drug-likeness (QED) is 0.761. The Morgan fingerprint density at radius 2 is 2.12 bits per heavy atom. The number of nitrogens with zero attached hydrogens (tertiary/aromatic N) is 1. The van der Waals surface area contributed by atoms with Crippen molar-refractivity contribution in [2.45, 2.75) is 19.1 Å². The molecule has 0 aliphatic carbocycles. The summed E-state index contributed by atoms with van der Waals surface area (Å²) in [5.74, 6) is -1.75. The monoisotopic (exact) mass is 278 g/mol. The van der Waals surface area contributed by atoms with Crippen LogP contribution in [0.2, 0.25) is 0 Å². The number of carboxylic acids is 1. The van der Waals surface area contributed by atoms with Gasteiger partial charge in [-0.3, -0.25) is 14.3 Å². The van der Waals surface area contributed by atoms with Crippen molar-refractivity contribution in [2.24, 2.45) is 0 Å². The van der Waals surface area contributed by atoms with Crippen LogP contribution in [0.3, 0.4) is 0 Å². The molecule has 1 rings (SSSR count). The Morgan fingerprint density at radius 1 is 1.53 bits per heavy atom. The molecule has 1 aromatic rings. The summed E-state index contributed by atoms with van der Waals surface area (Å²) in [6.45, 7) is 2.34. The standard InChI is InChI=1S/C8H10N2O5S2/c1-4(11)6-3-16-8(9-6)10-17(14,15)5(2)7(12)13/h3,5H,1-2H3,(H,9,10)(H,12,13). The number of Topliss-reactive ketones (excluding diaryl/α,β-unsaturated/α-hetero) is 1. The maximum atomic E-state index is 11.5. The highest BCUT2D eigenvalue weighted by atomic mass is 32.2. The topological polar surface area (TPSA) is 113 Å². The first-order chi connectivity index (χ1) is 7.74. The van der Waals surface area contributed by atoms with Gasteiger partial charge < -0.3 is 5.11 Å². The van der Waals surface area contributed by atoms with Gasteiger partial charge in [-0.25, -0.2) is 13.4 Å². The summed E-state index contributed by atoms with van der Waals surface area (Å²) in [7, 11) is -4.04. The molecule has 0 aliphatic heterocycles. The minimum atomic E-state index is -4.04. The summed E-state index contributed by atoms with van der Waals surface area (Å²) < 4.78 is 25.0. The molecule has 0 fully saturated rings. The molecule has 0 radical (unpaired) electrons. The van der Waals surface area contributed by atoms with Gasteiger partial charge in [0.05, 0.1) is 0 Å². The van der Waals surface area contributed by atoms with Crippen LogP contribution in [0.15, 0.2) is 5.38 Å². The lowest BCUT2D eigenvalue weighted by molar-refractivity contribution is -0.136. The summed E-state index contributed by atoms with van der Waals surface area (Å²) in [5.41, 5.74) is 0.135. The number of aromatic nitrogens is 1. The van der Waals surface area contributed by atoms with Gasteiger partial charge in [0.2, 0.25) is 10.0 Å². The molecule has 94 valence electrons. The Morgan fingerprint density at radius 3 is 2.53 bits per heavy atom. The third-order valence-electron chi connectivity index (χ3n) is 1.91. The number of ketones is 1. The molecule has 1 atom stereocenters. The molecular weight excluding hydrogens is 268 g/mol. The van der Waals surface area contributed by atoms with Crippen LogP contribution in [-0.4, -0.2) is 35.5 Å². The summed E-state index contributed by atoms with van der Waals surface area (Å²) in [4.78, 5) is 25.2. The largest absolute Gasteiger partial charge is 0.480 e. The Hall–Kier alpha value is -1.48. The molecular formula is C8H10N2O5S2. The normalized spacial score (nSPS) is 13.1. The van der Waals surface area contributed by atoms with E-state index in [1.54, 1.807) is 0 Å². The number of hydrogen-bond acceptors (Lipinski definition) is 6. The van der Waals surface area contributed by atoms with Gasteiger partial charge in [-0.05, 0) is 6.92 Å². The molecule has 9 heteroatoms. The maximum Gasteiger partial charge on any atom is 0.323 e. The van der Waals surface area contributed by atoms with Crippen molar-refractivity contribution in [3.63, 3.8) is 0 Å². The van der Waals surface area contributed by atoms with Gasteiger partial charge in [0.1, 0.15) is 5.69 Å². The number of rotatable bonds is 5. The fraction of sp³-hybridized carbons (Fsp3) is 0.375. The molecule has 0 spiro atoms. The highest BCUT2D eigenvalue weighted by Crippen LogP contribution is 2.18. The number of thiazole rings is 1. The van der Waals surface area contributed by atoms with Crippen LogP contribution in [0.1, 0.15) is 24.3 Å². The number of carbonyl (C=O) groups excluding carboxylic acids is 1. The van der Waals surface area contributed by atoms with E-state index in [0.717, 1.165) is 18.3 Å². The van der Waals surface area contributed by atoms with Crippen LogP contribution in [0.25, 0.3) is 0 Å². The van der Waals surface area contributed by atoms with E-state index in [1.165, 1.54) is 12.3 Å². The van der Waals surface area contributed by atoms with E-state index in [4.69, 9.17) is 5.11 Å². The second kappa shape index (κ2) is 4.80. The van der Waals surface area contributed by atoms with Gasteiger partial charge in [-0.1, -0.05) is 0 Å². The molecule has 0 aromatic carbocycles. The van der Waals surface area contributed by atoms with Gasteiger partial charge >= 0.3 is 5.97 Å². The van der Waals surface area contributed by atoms with Crippen molar-refractivity contribution in [2.75, 3.05) is 4.72 Å². The predicted molar refractivity (Wildman–Crippen MR) is 61.8 cm³/mol. The zero-order chi connectivity index (χ0) is 13.2. The molecule has 0 amide bonds. The van der Waals surface area contributed by atoms with Crippen LogP contribution in [0.5, 0.6) is 0 Å². The summed E-state index contributed by atoms with van der Waals surface area (Å²) in [5, 5.41) is 8.38. The number of aliphatic carboxylic acids is 1. The zero-order valence-corrected chi connectivity index (χ0v) is 10.6. The van der Waals surface area contributed by atoms with Crippen molar-refractivity contribution >= 4 is 38.2 Å². The Labute approximate surface area is 102 Å². The van der Waals surface area contributed by atoms with E-state index >= 15 is 0 Å². The lowest BCUT2D eigenvalue weighted by atomic mass is 10.4. The first-order valence-electron chi connectivity index (χ1n) is 4.45. The van der Waals surface area contributed by atoms with Crippen molar-refractivity contribution < 1.29 is 23.1 Å². The van der Waals surface area contributed by atoms with E-state index in [-0.39, 0.29) is 16.6 Å². The van der Waals surface area contributed by atoms with Crippen molar-refractivity contribution in [1.29, 1.82) is 0 Å². The molecule has 17 heavy (non-hydrogen) atoms. The molecule has 2 N–H and O–H groups in total. The molecule has 0 bridgehead atoms. The van der Waals surface area contributed by atoms with Crippen LogP contribution in [0.4, 0.5) is 5.13 Å². The first-order valence-corrected chi connectivity index (χ1v) is 6.87. The summed E-state index contributed by atoms with van der Waals surface area (Å²) in [6, 6.07) is 0. The van der Waals surface area contributed by atoms with Crippen LogP contribution < -0.4 is 4.72 Å². The minimum Gasteiger partial charge on any atom is -0.480 e. The lowest BCUT2D eigenvalue weighted by Gasteiger charge is -2.08. The average Bonchev–Trinajstić information content (AvgIpc) is 2.64. The fourth-order valence-electron chi connectivity index (χ4n) is 0.825. The van der Waals surface area contributed by atoms with Gasteiger partial charge in [0.25, 0.3) is 0 Å². The Bertz CT molecular complexity index is 548. The smallest absolute Gasteiger partial charge is 0.323 e. The molecule has 0 saturated carbocycles. The minimum absolute atomic E-state index is 0.0247. The number of hydrogen-bond donors (Lipinski definition) is 2. The van der Waals surface area contributed by atoms with Crippen LogP contribution in [0, 0.1) is 0 Å². The predicted octanol–water partition coefficient (Wildman–Crippen LogP) is 0.560. The van der Waals surface area contributed by atoms with Gasteiger partial charge in [0.15, 0.2) is 16.2 Å². The molecule has 1 heterocycles. The van der Waals surface area contributed by atoms with Gasteiger partial charge in [-0.15, -0.1) is 11.3 Å².